The highest BCUT2D eigenvalue weighted by molar-refractivity contribution is 5.89. The smallest absolute Gasteiger partial charge is 0.155 e. The molecule has 0 aliphatic carbocycles. The first kappa shape index (κ1) is 14.1. The first-order valence-electron chi connectivity index (χ1n) is 7.67. The zero-order valence-corrected chi connectivity index (χ0v) is 12.5. The van der Waals surface area contributed by atoms with Crippen molar-refractivity contribution < 1.29 is 4.39 Å². The third kappa shape index (κ3) is 2.43. The topological polar surface area (TPSA) is 83.7 Å². The number of nitrogens with two attached hydrogens (primary N) is 1. The molecule has 1 atom stereocenters. The fourth-order valence-electron chi connectivity index (χ4n) is 3.04. The van der Waals surface area contributed by atoms with E-state index in [1.807, 2.05) is 6.07 Å². The number of hydrogen-bond donors (Lipinski definition) is 2. The molecule has 1 saturated heterocycles. The number of nitrogens with one attached hydrogen (secondary N) is 1. The van der Waals surface area contributed by atoms with Gasteiger partial charge in [0.15, 0.2) is 11.5 Å². The van der Waals surface area contributed by atoms with Crippen LogP contribution < -0.4 is 10.6 Å². The van der Waals surface area contributed by atoms with E-state index in [2.05, 4.69) is 25.1 Å². The van der Waals surface area contributed by atoms with Gasteiger partial charge in [0.1, 0.15) is 17.2 Å². The minimum atomic E-state index is -0.388. The zero-order chi connectivity index (χ0) is 15.8. The van der Waals surface area contributed by atoms with Gasteiger partial charge in [-0.25, -0.2) is 14.4 Å². The van der Waals surface area contributed by atoms with E-state index in [9.17, 15) is 4.39 Å². The minimum Gasteiger partial charge on any atom is -0.356 e. The lowest BCUT2D eigenvalue weighted by atomic mass is 10.1. The van der Waals surface area contributed by atoms with E-state index in [1.54, 1.807) is 18.3 Å². The highest BCUT2D eigenvalue weighted by atomic mass is 19.1. The van der Waals surface area contributed by atoms with Crippen molar-refractivity contribution >= 4 is 16.9 Å². The molecule has 0 saturated carbocycles. The fourth-order valence-corrected chi connectivity index (χ4v) is 3.04. The number of aromatic amines is 1. The summed E-state index contributed by atoms with van der Waals surface area (Å²) in [5.41, 5.74) is 7.10. The van der Waals surface area contributed by atoms with Gasteiger partial charge < -0.3 is 10.6 Å². The molecule has 0 radical (unpaired) electrons. The van der Waals surface area contributed by atoms with Gasteiger partial charge in [-0.1, -0.05) is 0 Å². The summed E-state index contributed by atoms with van der Waals surface area (Å²) in [6.45, 7) is 2.42. The molecule has 0 spiro atoms. The van der Waals surface area contributed by atoms with Crippen LogP contribution in [0.1, 0.15) is 6.42 Å². The van der Waals surface area contributed by atoms with Crippen LogP contribution in [0.5, 0.6) is 0 Å². The van der Waals surface area contributed by atoms with Gasteiger partial charge in [0.05, 0.1) is 0 Å². The van der Waals surface area contributed by atoms with Crippen molar-refractivity contribution in [2.75, 3.05) is 24.5 Å². The van der Waals surface area contributed by atoms with Crippen molar-refractivity contribution in [2.45, 2.75) is 6.42 Å². The molecule has 0 bridgehead atoms. The number of fused-ring (bicyclic) bond motifs is 1. The van der Waals surface area contributed by atoms with Crippen LogP contribution in [0.15, 0.2) is 30.5 Å². The predicted octanol–water partition coefficient (Wildman–Crippen LogP) is 1.94. The van der Waals surface area contributed by atoms with E-state index in [0.717, 1.165) is 30.7 Å². The lowest BCUT2D eigenvalue weighted by Crippen LogP contribution is -2.23. The Hall–Kier alpha value is -2.54. The van der Waals surface area contributed by atoms with Gasteiger partial charge in [0.2, 0.25) is 0 Å². The molecule has 0 amide bonds. The van der Waals surface area contributed by atoms with Crippen molar-refractivity contribution in [3.8, 4) is 11.4 Å². The molecule has 3 N–H and O–H groups in total. The second kappa shape index (κ2) is 5.58. The predicted molar refractivity (Wildman–Crippen MR) is 86.5 cm³/mol. The molecule has 4 rings (SSSR count). The molecule has 6 nitrogen and oxygen atoms in total. The van der Waals surface area contributed by atoms with Gasteiger partial charge in [-0.3, -0.25) is 5.10 Å². The molecule has 3 aromatic rings. The minimum absolute atomic E-state index is 0.248. The number of halogens is 1. The molecule has 7 heteroatoms. The highest BCUT2D eigenvalue weighted by Gasteiger charge is 2.24. The summed E-state index contributed by atoms with van der Waals surface area (Å²) in [6.07, 6.45) is 2.71. The molecule has 23 heavy (non-hydrogen) atoms. The van der Waals surface area contributed by atoms with E-state index in [4.69, 9.17) is 5.73 Å². The van der Waals surface area contributed by atoms with E-state index in [-0.39, 0.29) is 11.5 Å². The molecule has 0 unspecified atom stereocenters. The van der Waals surface area contributed by atoms with Gasteiger partial charge in [0, 0.05) is 24.7 Å². The first-order chi connectivity index (χ1) is 11.3. The SMILES string of the molecule is NC[C@@H]1CCN(c2ccc(F)c(-c3n[nH]c4ncccc34)n2)C1. The third-order valence-corrected chi connectivity index (χ3v) is 4.34. The van der Waals surface area contributed by atoms with Gasteiger partial charge in [0.25, 0.3) is 0 Å². The van der Waals surface area contributed by atoms with Crippen molar-refractivity contribution in [3.63, 3.8) is 0 Å². The Bertz CT molecular complexity index is 845. The van der Waals surface area contributed by atoms with Crippen LogP contribution >= 0.6 is 0 Å². The second-order valence-corrected chi connectivity index (χ2v) is 5.81. The normalized spacial score (nSPS) is 18.0. The van der Waals surface area contributed by atoms with Crippen LogP contribution in [-0.4, -0.2) is 39.8 Å². The molecular weight excluding hydrogens is 295 g/mol. The lowest BCUT2D eigenvalue weighted by molar-refractivity contribution is 0.601. The average Bonchev–Trinajstić information content (AvgIpc) is 3.22. The third-order valence-electron chi connectivity index (χ3n) is 4.34. The van der Waals surface area contributed by atoms with Crippen LogP contribution in [0, 0.1) is 11.7 Å². The van der Waals surface area contributed by atoms with Crippen LogP contribution in [0.25, 0.3) is 22.4 Å². The van der Waals surface area contributed by atoms with Crippen LogP contribution in [0.3, 0.4) is 0 Å². The maximum absolute atomic E-state index is 14.3. The van der Waals surface area contributed by atoms with E-state index >= 15 is 0 Å². The number of anilines is 1. The Morgan fingerprint density at radius 2 is 2.22 bits per heavy atom. The molecule has 118 valence electrons. The summed E-state index contributed by atoms with van der Waals surface area (Å²) in [5, 5.41) is 7.78. The van der Waals surface area contributed by atoms with Crippen molar-refractivity contribution in [1.29, 1.82) is 0 Å². The largest absolute Gasteiger partial charge is 0.356 e. The molecule has 1 fully saturated rings. The lowest BCUT2D eigenvalue weighted by Gasteiger charge is -2.18. The number of nitrogens with zero attached hydrogens (tertiary/aromatic N) is 4. The molecule has 4 heterocycles. The Kier molecular flexibility index (Phi) is 3.42. The van der Waals surface area contributed by atoms with Crippen LogP contribution in [-0.2, 0) is 0 Å². The molecule has 1 aliphatic heterocycles. The van der Waals surface area contributed by atoms with E-state index in [0.29, 0.717) is 23.8 Å². The number of rotatable bonds is 3. The standard InChI is InChI=1S/C16H17FN6/c17-12-3-4-13(23-7-5-10(8-18)9-23)20-15(12)14-11-2-1-6-19-16(11)22-21-14/h1-4,6,10H,5,7-9,18H2,(H,19,21,22)/t10-/m0/s1. The number of H-pyrrole nitrogens is 1. The maximum atomic E-state index is 14.3. The molecular formula is C16H17FN6. The monoisotopic (exact) mass is 312 g/mol. The Labute approximate surface area is 132 Å². The number of hydrogen-bond acceptors (Lipinski definition) is 5. The average molecular weight is 312 g/mol. The van der Waals surface area contributed by atoms with Crippen LogP contribution in [0.4, 0.5) is 10.2 Å². The fraction of sp³-hybridized carbons (Fsp3) is 0.312. The molecule has 1 aliphatic rings. The van der Waals surface area contributed by atoms with Crippen molar-refractivity contribution in [1.82, 2.24) is 20.2 Å². The summed E-state index contributed by atoms with van der Waals surface area (Å²) in [7, 11) is 0. The van der Waals surface area contributed by atoms with Gasteiger partial charge in [-0.15, -0.1) is 0 Å². The number of aromatic nitrogens is 4. The van der Waals surface area contributed by atoms with Gasteiger partial charge in [-0.05, 0) is 43.1 Å². The molecule has 0 aromatic carbocycles. The van der Waals surface area contributed by atoms with Crippen molar-refractivity contribution in [3.05, 3.63) is 36.3 Å². The number of pyridine rings is 2. The van der Waals surface area contributed by atoms with Gasteiger partial charge in [-0.2, -0.15) is 5.10 Å². The van der Waals surface area contributed by atoms with Gasteiger partial charge >= 0.3 is 0 Å². The second-order valence-electron chi connectivity index (χ2n) is 5.81. The highest BCUT2D eigenvalue weighted by Crippen LogP contribution is 2.29. The first-order valence-corrected chi connectivity index (χ1v) is 7.67. The summed E-state index contributed by atoms with van der Waals surface area (Å²) in [5.74, 6) is 0.846. The summed E-state index contributed by atoms with van der Waals surface area (Å²) < 4.78 is 14.3. The molecule has 3 aromatic heterocycles. The Morgan fingerprint density at radius 3 is 3.04 bits per heavy atom. The summed E-state index contributed by atoms with van der Waals surface area (Å²) >= 11 is 0. The van der Waals surface area contributed by atoms with E-state index in [1.165, 1.54) is 6.07 Å². The van der Waals surface area contributed by atoms with E-state index < -0.39 is 0 Å². The quantitative estimate of drug-likeness (QED) is 0.772. The summed E-state index contributed by atoms with van der Waals surface area (Å²) in [4.78, 5) is 10.8. The Morgan fingerprint density at radius 1 is 1.30 bits per heavy atom. The summed E-state index contributed by atoms with van der Waals surface area (Å²) in [6, 6.07) is 6.82. The van der Waals surface area contributed by atoms with Crippen LogP contribution in [0.2, 0.25) is 0 Å². The zero-order valence-electron chi connectivity index (χ0n) is 12.5. The Balaban J connectivity index is 1.76. The maximum Gasteiger partial charge on any atom is 0.155 e. The van der Waals surface area contributed by atoms with Crippen molar-refractivity contribution in [2.24, 2.45) is 11.7 Å².